The Morgan fingerprint density at radius 2 is 1.86 bits per heavy atom. The second-order valence-corrected chi connectivity index (χ2v) is 8.84. The number of rotatable bonds is 9. The van der Waals surface area contributed by atoms with Gasteiger partial charge in [-0.2, -0.15) is 0 Å². The molecule has 0 radical (unpaired) electrons. The molecule has 0 aliphatic rings. The number of carbonyl (C=O) groups excluding carboxylic acids is 2. The molecule has 0 spiro atoms. The molecule has 2 heterocycles. The van der Waals surface area contributed by atoms with Gasteiger partial charge in [-0.3, -0.25) is 9.59 Å². The van der Waals surface area contributed by atoms with Crippen LogP contribution in [0.1, 0.15) is 25.2 Å². The summed E-state index contributed by atoms with van der Waals surface area (Å²) in [6.07, 6.45) is 6.93. The van der Waals surface area contributed by atoms with E-state index < -0.39 is 17.4 Å². The van der Waals surface area contributed by atoms with Gasteiger partial charge in [0.05, 0.1) is 25.4 Å². The SMILES string of the molecule is COc1cc(NC(=O)C(=O)NC(C)(C)Cc2ccc(NCc3ncc[nH]3)cc2)ccc1-c1cnco1. The number of nitrogens with zero attached hydrogens (tertiary/aromatic N) is 2. The van der Waals surface area contributed by atoms with Crippen molar-refractivity contribution in [2.24, 2.45) is 0 Å². The lowest BCUT2D eigenvalue weighted by molar-refractivity contribution is -0.137. The van der Waals surface area contributed by atoms with Crippen molar-refractivity contribution in [3.05, 3.63) is 78.8 Å². The molecular formula is C26H28N6O4. The third kappa shape index (κ3) is 6.29. The van der Waals surface area contributed by atoms with Crippen molar-refractivity contribution in [2.75, 3.05) is 17.7 Å². The molecule has 10 nitrogen and oxygen atoms in total. The number of imidazole rings is 1. The van der Waals surface area contributed by atoms with E-state index in [9.17, 15) is 9.59 Å². The van der Waals surface area contributed by atoms with Crippen molar-refractivity contribution in [2.45, 2.75) is 32.4 Å². The number of methoxy groups -OCH3 is 1. The van der Waals surface area contributed by atoms with Gasteiger partial charge in [0.25, 0.3) is 0 Å². The number of amides is 2. The first kappa shape index (κ1) is 24.5. The van der Waals surface area contributed by atoms with E-state index >= 15 is 0 Å². The van der Waals surface area contributed by atoms with Crippen LogP contribution in [0.15, 0.2) is 71.9 Å². The predicted molar refractivity (Wildman–Crippen MR) is 135 cm³/mol. The summed E-state index contributed by atoms with van der Waals surface area (Å²) in [5, 5.41) is 8.72. The molecule has 0 bridgehead atoms. The molecule has 4 N–H and O–H groups in total. The largest absolute Gasteiger partial charge is 0.496 e. The lowest BCUT2D eigenvalue weighted by atomic mass is 9.94. The van der Waals surface area contributed by atoms with Crippen LogP contribution in [0.5, 0.6) is 5.75 Å². The molecule has 4 rings (SSSR count). The van der Waals surface area contributed by atoms with Crippen LogP contribution in [0, 0.1) is 0 Å². The van der Waals surface area contributed by atoms with E-state index in [0.29, 0.717) is 35.7 Å². The zero-order chi connectivity index (χ0) is 25.5. The van der Waals surface area contributed by atoms with Crippen LogP contribution in [-0.4, -0.2) is 39.4 Å². The quantitative estimate of drug-likeness (QED) is 0.264. The molecule has 0 saturated heterocycles. The zero-order valence-electron chi connectivity index (χ0n) is 20.3. The summed E-state index contributed by atoms with van der Waals surface area (Å²) >= 11 is 0. The summed E-state index contributed by atoms with van der Waals surface area (Å²) in [5.74, 6) is 0.369. The first-order valence-corrected chi connectivity index (χ1v) is 11.3. The van der Waals surface area contributed by atoms with Gasteiger partial charge in [-0.05, 0) is 50.1 Å². The summed E-state index contributed by atoms with van der Waals surface area (Å²) < 4.78 is 10.7. The van der Waals surface area contributed by atoms with Gasteiger partial charge < -0.3 is 30.1 Å². The molecular weight excluding hydrogens is 460 g/mol. The number of ether oxygens (including phenoxy) is 1. The highest BCUT2D eigenvalue weighted by Gasteiger charge is 2.25. The Labute approximate surface area is 208 Å². The Hall–Kier alpha value is -4.60. The maximum atomic E-state index is 12.6. The second-order valence-electron chi connectivity index (χ2n) is 8.84. The van der Waals surface area contributed by atoms with Crippen molar-refractivity contribution in [1.82, 2.24) is 20.3 Å². The first-order valence-electron chi connectivity index (χ1n) is 11.3. The van der Waals surface area contributed by atoms with E-state index in [-0.39, 0.29) is 0 Å². The van der Waals surface area contributed by atoms with E-state index in [1.807, 2.05) is 38.1 Å². The molecule has 0 aliphatic heterocycles. The molecule has 0 aliphatic carbocycles. The summed E-state index contributed by atoms with van der Waals surface area (Å²) in [5.41, 5.74) is 2.44. The Morgan fingerprint density at radius 1 is 1.08 bits per heavy atom. The number of aromatic nitrogens is 3. The fourth-order valence-electron chi connectivity index (χ4n) is 3.75. The number of nitrogens with one attached hydrogen (secondary N) is 4. The molecule has 10 heteroatoms. The summed E-state index contributed by atoms with van der Waals surface area (Å²) in [6.45, 7) is 4.34. The van der Waals surface area contributed by atoms with E-state index in [1.54, 1.807) is 36.8 Å². The highest BCUT2D eigenvalue weighted by Crippen LogP contribution is 2.32. The van der Waals surface area contributed by atoms with Gasteiger partial charge in [0.2, 0.25) is 0 Å². The van der Waals surface area contributed by atoms with Gasteiger partial charge in [-0.25, -0.2) is 9.97 Å². The van der Waals surface area contributed by atoms with Gasteiger partial charge in [0.15, 0.2) is 12.2 Å². The zero-order valence-corrected chi connectivity index (χ0v) is 20.3. The van der Waals surface area contributed by atoms with Gasteiger partial charge >= 0.3 is 11.8 Å². The maximum absolute atomic E-state index is 12.6. The van der Waals surface area contributed by atoms with Crippen molar-refractivity contribution < 1.29 is 18.7 Å². The summed E-state index contributed by atoms with van der Waals surface area (Å²) in [6, 6.07) is 12.9. The van der Waals surface area contributed by atoms with Crippen LogP contribution in [0.4, 0.5) is 11.4 Å². The Morgan fingerprint density at radius 3 is 2.53 bits per heavy atom. The third-order valence-electron chi connectivity index (χ3n) is 5.43. The summed E-state index contributed by atoms with van der Waals surface area (Å²) in [4.78, 5) is 36.3. The van der Waals surface area contributed by atoms with Gasteiger partial charge in [-0.15, -0.1) is 0 Å². The van der Waals surface area contributed by atoms with Crippen molar-refractivity contribution >= 4 is 23.2 Å². The van der Waals surface area contributed by atoms with Crippen LogP contribution >= 0.6 is 0 Å². The van der Waals surface area contributed by atoms with Gasteiger partial charge in [0, 0.05) is 35.4 Å². The third-order valence-corrected chi connectivity index (χ3v) is 5.43. The maximum Gasteiger partial charge on any atom is 0.313 e. The fraction of sp³-hybridized carbons (Fsp3) is 0.231. The molecule has 0 unspecified atom stereocenters. The smallest absolute Gasteiger partial charge is 0.313 e. The Kier molecular flexibility index (Phi) is 7.33. The molecule has 0 atom stereocenters. The van der Waals surface area contributed by atoms with Gasteiger partial charge in [0.1, 0.15) is 11.6 Å². The number of hydrogen-bond acceptors (Lipinski definition) is 7. The van der Waals surface area contributed by atoms with Crippen molar-refractivity contribution in [1.29, 1.82) is 0 Å². The van der Waals surface area contributed by atoms with Crippen LogP contribution < -0.4 is 20.7 Å². The normalized spacial score (nSPS) is 11.1. The standard InChI is InChI=1S/C26H28N6O4/c1-26(2,13-17-4-6-18(7-5-17)30-15-23-28-10-11-29-23)32-25(34)24(33)31-19-8-9-20(21(12-19)35-3)22-14-27-16-36-22/h4-12,14,16,30H,13,15H2,1-3H3,(H,28,29)(H,31,33)(H,32,34). The van der Waals surface area contributed by atoms with Crippen molar-refractivity contribution in [3.8, 4) is 17.1 Å². The van der Waals surface area contributed by atoms with E-state index in [0.717, 1.165) is 17.1 Å². The molecule has 0 fully saturated rings. The van der Waals surface area contributed by atoms with Gasteiger partial charge in [-0.1, -0.05) is 12.1 Å². The monoisotopic (exact) mass is 488 g/mol. The molecule has 0 saturated carbocycles. The van der Waals surface area contributed by atoms with Crippen LogP contribution in [0.2, 0.25) is 0 Å². The first-order chi connectivity index (χ1) is 17.3. The number of carbonyl (C=O) groups is 2. The molecule has 36 heavy (non-hydrogen) atoms. The number of oxazole rings is 1. The molecule has 2 amide bonds. The minimum atomic E-state index is -0.769. The van der Waals surface area contributed by atoms with E-state index in [1.165, 1.54) is 13.5 Å². The minimum absolute atomic E-state index is 0.422. The highest BCUT2D eigenvalue weighted by molar-refractivity contribution is 6.39. The van der Waals surface area contributed by atoms with E-state index in [4.69, 9.17) is 9.15 Å². The number of H-pyrrole nitrogens is 1. The molecule has 2 aromatic heterocycles. The number of aromatic amines is 1. The second kappa shape index (κ2) is 10.8. The fourth-order valence-corrected chi connectivity index (χ4v) is 3.75. The highest BCUT2D eigenvalue weighted by atomic mass is 16.5. The average Bonchev–Trinajstić information content (AvgIpc) is 3.57. The Balaban J connectivity index is 1.32. The summed E-state index contributed by atoms with van der Waals surface area (Å²) in [7, 11) is 1.51. The Bertz CT molecular complexity index is 1300. The van der Waals surface area contributed by atoms with Crippen LogP contribution in [0.3, 0.4) is 0 Å². The van der Waals surface area contributed by atoms with Crippen LogP contribution in [0.25, 0.3) is 11.3 Å². The average molecular weight is 489 g/mol. The number of hydrogen-bond donors (Lipinski definition) is 4. The minimum Gasteiger partial charge on any atom is -0.496 e. The van der Waals surface area contributed by atoms with Crippen LogP contribution in [-0.2, 0) is 22.6 Å². The predicted octanol–water partition coefficient (Wildman–Crippen LogP) is 3.76. The number of benzene rings is 2. The van der Waals surface area contributed by atoms with E-state index in [2.05, 4.69) is 30.9 Å². The lowest BCUT2D eigenvalue weighted by Crippen LogP contribution is -2.49. The van der Waals surface area contributed by atoms with Crippen molar-refractivity contribution in [3.63, 3.8) is 0 Å². The molecule has 186 valence electrons. The topological polar surface area (TPSA) is 134 Å². The lowest BCUT2D eigenvalue weighted by Gasteiger charge is -2.26. The molecule has 2 aromatic carbocycles. The number of anilines is 2. The molecule has 4 aromatic rings.